The van der Waals surface area contributed by atoms with Crippen LogP contribution in [0.3, 0.4) is 0 Å². The molecule has 6 aromatic rings. The summed E-state index contributed by atoms with van der Waals surface area (Å²) in [5.41, 5.74) is 4.07. The molecule has 43 heavy (non-hydrogen) atoms. The van der Waals surface area contributed by atoms with Crippen molar-refractivity contribution >= 4 is 26.6 Å². The number of pyridine rings is 1. The highest BCUT2D eigenvalue weighted by Gasteiger charge is 2.17. The molecule has 0 spiro atoms. The number of hydrogen-bond donors (Lipinski definition) is 4. The van der Waals surface area contributed by atoms with Crippen molar-refractivity contribution in [2.45, 2.75) is 17.4 Å². The number of nitrogens with one attached hydrogen (secondary N) is 3. The Balaban J connectivity index is 1.04. The summed E-state index contributed by atoms with van der Waals surface area (Å²) in [4.78, 5) is 11.6. The highest BCUT2D eigenvalue weighted by molar-refractivity contribution is 7.92. The van der Waals surface area contributed by atoms with Crippen LogP contribution in [0, 0.1) is 5.82 Å². The summed E-state index contributed by atoms with van der Waals surface area (Å²) in [5.74, 6) is 0.171. The third kappa shape index (κ3) is 6.61. The van der Waals surface area contributed by atoms with Gasteiger partial charge in [0.1, 0.15) is 11.5 Å². The predicted octanol–water partition coefficient (Wildman–Crippen LogP) is 5.09. The Hall–Kier alpha value is -4.91. The first-order valence-corrected chi connectivity index (χ1v) is 15.0. The van der Waals surface area contributed by atoms with Gasteiger partial charge in [0.2, 0.25) is 5.82 Å². The molecular formula is C31H27FN6O4S. The fourth-order valence-electron chi connectivity index (χ4n) is 4.57. The monoisotopic (exact) mass is 598 g/mol. The van der Waals surface area contributed by atoms with Crippen LogP contribution in [-0.2, 0) is 16.4 Å². The van der Waals surface area contributed by atoms with E-state index in [1.54, 1.807) is 54.9 Å². The third-order valence-electron chi connectivity index (χ3n) is 6.87. The number of sulfonamides is 1. The van der Waals surface area contributed by atoms with Gasteiger partial charge < -0.3 is 19.9 Å². The zero-order valence-electron chi connectivity index (χ0n) is 22.7. The van der Waals surface area contributed by atoms with Crippen LogP contribution in [0.1, 0.15) is 17.2 Å². The van der Waals surface area contributed by atoms with Crippen molar-refractivity contribution in [3.05, 3.63) is 114 Å². The van der Waals surface area contributed by atoms with Gasteiger partial charge in [-0.3, -0.25) is 9.71 Å². The van der Waals surface area contributed by atoms with Gasteiger partial charge >= 0.3 is 0 Å². The Morgan fingerprint density at radius 3 is 2.58 bits per heavy atom. The largest absolute Gasteiger partial charge is 0.387 e. The van der Waals surface area contributed by atoms with Crippen molar-refractivity contribution in [3.8, 4) is 23.0 Å². The minimum absolute atomic E-state index is 0.0815. The van der Waals surface area contributed by atoms with E-state index < -0.39 is 16.1 Å². The molecule has 0 fully saturated rings. The van der Waals surface area contributed by atoms with Gasteiger partial charge in [0, 0.05) is 46.7 Å². The average Bonchev–Trinajstić information content (AvgIpc) is 3.68. The SMILES string of the molecule is O=S(=O)(Nc1ccc(CCNCC(O)c2cccnc2)cc1)c1ccc(-c2noc(-c3cc4cc(F)ccc4[nH]3)n2)cc1. The molecule has 0 amide bonds. The molecule has 6 rings (SSSR count). The molecule has 12 heteroatoms. The molecule has 3 aromatic carbocycles. The summed E-state index contributed by atoms with van der Waals surface area (Å²) >= 11 is 0. The second-order valence-corrected chi connectivity index (χ2v) is 11.6. The van der Waals surface area contributed by atoms with Gasteiger partial charge in [-0.25, -0.2) is 12.8 Å². The molecule has 218 valence electrons. The molecule has 1 atom stereocenters. The smallest absolute Gasteiger partial charge is 0.274 e. The molecule has 0 aliphatic heterocycles. The number of H-pyrrole nitrogens is 1. The Morgan fingerprint density at radius 1 is 1.00 bits per heavy atom. The lowest BCUT2D eigenvalue weighted by atomic mass is 10.1. The molecule has 3 aromatic heterocycles. The second-order valence-electron chi connectivity index (χ2n) is 9.92. The van der Waals surface area contributed by atoms with E-state index >= 15 is 0 Å². The number of aliphatic hydroxyl groups is 1. The molecular weight excluding hydrogens is 571 g/mol. The molecule has 1 unspecified atom stereocenters. The Labute approximate surface area is 246 Å². The number of halogens is 1. The van der Waals surface area contributed by atoms with Crippen LogP contribution in [0.4, 0.5) is 10.1 Å². The zero-order valence-corrected chi connectivity index (χ0v) is 23.6. The minimum atomic E-state index is -3.83. The first kappa shape index (κ1) is 28.2. The summed E-state index contributed by atoms with van der Waals surface area (Å²) in [6.45, 7) is 1.06. The number of rotatable bonds is 11. The maximum Gasteiger partial charge on any atom is 0.274 e. The highest BCUT2D eigenvalue weighted by atomic mass is 32.2. The highest BCUT2D eigenvalue weighted by Crippen LogP contribution is 2.27. The molecule has 3 heterocycles. The summed E-state index contributed by atoms with van der Waals surface area (Å²) in [6.07, 6.45) is 3.38. The van der Waals surface area contributed by atoms with Crippen LogP contribution in [0.25, 0.3) is 33.9 Å². The van der Waals surface area contributed by atoms with Gasteiger partial charge in [0.25, 0.3) is 15.9 Å². The Bertz CT molecular complexity index is 1940. The van der Waals surface area contributed by atoms with Gasteiger partial charge in [-0.15, -0.1) is 0 Å². The molecule has 0 aliphatic rings. The van der Waals surface area contributed by atoms with Crippen LogP contribution in [-0.4, -0.2) is 46.7 Å². The first-order valence-electron chi connectivity index (χ1n) is 13.5. The summed E-state index contributed by atoms with van der Waals surface area (Å²) in [6, 6.07) is 23.0. The topological polar surface area (TPSA) is 146 Å². The summed E-state index contributed by atoms with van der Waals surface area (Å²) in [7, 11) is -3.83. The average molecular weight is 599 g/mol. The van der Waals surface area contributed by atoms with E-state index in [0.717, 1.165) is 16.6 Å². The van der Waals surface area contributed by atoms with Crippen LogP contribution in [0.2, 0.25) is 0 Å². The predicted molar refractivity (Wildman–Crippen MR) is 160 cm³/mol. The van der Waals surface area contributed by atoms with Crippen molar-refractivity contribution in [2.24, 2.45) is 0 Å². The molecule has 0 radical (unpaired) electrons. The quantitative estimate of drug-likeness (QED) is 0.151. The number of benzene rings is 3. The maximum atomic E-state index is 13.5. The van der Waals surface area contributed by atoms with Crippen LogP contribution < -0.4 is 10.0 Å². The van der Waals surface area contributed by atoms with Crippen molar-refractivity contribution < 1.29 is 22.4 Å². The number of aromatic nitrogens is 4. The van der Waals surface area contributed by atoms with Crippen LogP contribution in [0.5, 0.6) is 0 Å². The minimum Gasteiger partial charge on any atom is -0.387 e. The number of anilines is 1. The van der Waals surface area contributed by atoms with Gasteiger partial charge in [0.15, 0.2) is 0 Å². The maximum absolute atomic E-state index is 13.5. The van der Waals surface area contributed by atoms with Crippen LogP contribution >= 0.6 is 0 Å². The second kappa shape index (κ2) is 12.1. The molecule has 0 aliphatic carbocycles. The van der Waals surface area contributed by atoms with E-state index in [9.17, 15) is 17.9 Å². The van der Waals surface area contributed by atoms with E-state index in [4.69, 9.17) is 4.52 Å². The van der Waals surface area contributed by atoms with Crippen molar-refractivity contribution in [1.82, 2.24) is 25.4 Å². The van der Waals surface area contributed by atoms with E-state index in [0.29, 0.717) is 41.8 Å². The van der Waals surface area contributed by atoms with Gasteiger partial charge in [-0.2, -0.15) is 4.98 Å². The lowest BCUT2D eigenvalue weighted by molar-refractivity contribution is 0.174. The van der Waals surface area contributed by atoms with E-state index in [2.05, 4.69) is 30.1 Å². The number of aromatic amines is 1. The van der Waals surface area contributed by atoms with E-state index in [-0.39, 0.29) is 22.4 Å². The lowest BCUT2D eigenvalue weighted by Gasteiger charge is -2.12. The van der Waals surface area contributed by atoms with Gasteiger partial charge in [0.05, 0.1) is 11.0 Å². The summed E-state index contributed by atoms with van der Waals surface area (Å²) < 4.78 is 47.5. The third-order valence-corrected chi connectivity index (χ3v) is 8.26. The van der Waals surface area contributed by atoms with Gasteiger partial charge in [-0.05, 0) is 85.3 Å². The fourth-order valence-corrected chi connectivity index (χ4v) is 5.63. The van der Waals surface area contributed by atoms with Crippen molar-refractivity contribution in [3.63, 3.8) is 0 Å². The first-order chi connectivity index (χ1) is 20.8. The number of fused-ring (bicyclic) bond motifs is 1. The number of nitrogens with zero attached hydrogens (tertiary/aromatic N) is 3. The number of aliphatic hydroxyl groups excluding tert-OH is 1. The molecule has 0 bridgehead atoms. The molecule has 0 saturated carbocycles. The fraction of sp³-hybridized carbons (Fsp3) is 0.129. The molecule has 10 nitrogen and oxygen atoms in total. The standard InChI is InChI=1S/C31H27FN6O4S/c32-24-7-12-27-23(16-24)17-28(35-27)31-36-30(37-42-31)21-5-10-26(11-6-21)43(40,41)38-25-8-3-20(4-9-25)13-15-34-19-29(39)22-2-1-14-33-18-22/h1-12,14,16-18,29,34-35,38-39H,13,15,19H2. The van der Waals surface area contributed by atoms with E-state index in [1.165, 1.54) is 24.3 Å². The van der Waals surface area contributed by atoms with E-state index in [1.807, 2.05) is 18.2 Å². The van der Waals surface area contributed by atoms with Crippen molar-refractivity contribution in [2.75, 3.05) is 17.8 Å². The van der Waals surface area contributed by atoms with Gasteiger partial charge in [-0.1, -0.05) is 23.4 Å². The van der Waals surface area contributed by atoms with Crippen molar-refractivity contribution in [1.29, 1.82) is 0 Å². The normalized spacial score (nSPS) is 12.4. The summed E-state index contributed by atoms with van der Waals surface area (Å²) in [5, 5.41) is 18.1. The molecule has 0 saturated heterocycles. The number of hydrogen-bond acceptors (Lipinski definition) is 8. The Morgan fingerprint density at radius 2 is 1.81 bits per heavy atom. The lowest BCUT2D eigenvalue weighted by Crippen LogP contribution is -2.23. The molecule has 4 N–H and O–H groups in total. The zero-order chi connectivity index (χ0) is 29.8. The van der Waals surface area contributed by atoms with Crippen LogP contribution in [0.15, 0.2) is 107 Å². The Kier molecular flexibility index (Phi) is 7.97.